The van der Waals surface area contributed by atoms with Crippen molar-refractivity contribution in [1.29, 1.82) is 0 Å². The summed E-state index contributed by atoms with van der Waals surface area (Å²) < 4.78 is 8.36. The van der Waals surface area contributed by atoms with Crippen molar-refractivity contribution in [3.05, 3.63) is 34.7 Å². The monoisotopic (exact) mass is 526 g/mol. The minimum Gasteiger partial charge on any atom is -0.449 e. The number of hydrogen-bond acceptors (Lipinski definition) is 6. The topological polar surface area (TPSA) is 132 Å². The van der Waals surface area contributed by atoms with Crippen molar-refractivity contribution >= 4 is 29.1 Å². The second kappa shape index (κ2) is 10.8. The number of rotatable bonds is 7. The summed E-state index contributed by atoms with van der Waals surface area (Å²) in [6.45, 7) is 5.48. The smallest absolute Gasteiger partial charge is 0.410 e. The summed E-state index contributed by atoms with van der Waals surface area (Å²) in [4.78, 5) is 54.2. The fourth-order valence-corrected chi connectivity index (χ4v) is 6.63. The average molecular weight is 527 g/mol. The first-order valence-corrected chi connectivity index (χ1v) is 13.8. The van der Waals surface area contributed by atoms with Crippen LogP contribution in [0.4, 0.5) is 9.59 Å². The number of primary amides is 1. The highest BCUT2D eigenvalue weighted by Gasteiger charge is 2.41. The van der Waals surface area contributed by atoms with Crippen LogP contribution in [0.1, 0.15) is 64.8 Å². The highest BCUT2D eigenvalue weighted by molar-refractivity contribution is 5.89. The molecule has 3 fully saturated rings. The van der Waals surface area contributed by atoms with E-state index in [1.165, 1.54) is 9.47 Å². The van der Waals surface area contributed by atoms with Gasteiger partial charge in [0.1, 0.15) is 6.04 Å². The van der Waals surface area contributed by atoms with Crippen LogP contribution in [0.15, 0.2) is 29.1 Å². The molecular formula is C27H38N6O5. The number of nitrogens with two attached hydrogens (primary N) is 1. The molecule has 3 aliphatic rings. The molecule has 3 aliphatic heterocycles. The molecule has 4 atom stereocenters. The van der Waals surface area contributed by atoms with Gasteiger partial charge in [-0.2, -0.15) is 0 Å². The molecule has 0 unspecified atom stereocenters. The van der Waals surface area contributed by atoms with Gasteiger partial charge in [0, 0.05) is 37.3 Å². The van der Waals surface area contributed by atoms with Crippen molar-refractivity contribution in [3.63, 3.8) is 0 Å². The van der Waals surface area contributed by atoms with Gasteiger partial charge in [-0.25, -0.2) is 19.0 Å². The maximum Gasteiger partial charge on any atom is 0.410 e. The first kappa shape index (κ1) is 26.3. The molecule has 2 aromatic rings. The predicted octanol–water partition coefficient (Wildman–Crippen LogP) is 2.41. The molecule has 11 nitrogen and oxygen atoms in total. The van der Waals surface area contributed by atoms with Crippen molar-refractivity contribution in [2.24, 2.45) is 5.73 Å². The fourth-order valence-electron chi connectivity index (χ4n) is 6.63. The molecule has 0 radical (unpaired) electrons. The number of para-hydroxylation sites is 2. The molecule has 2 bridgehead atoms. The molecule has 3 amide bonds. The van der Waals surface area contributed by atoms with Gasteiger partial charge in [0.15, 0.2) is 0 Å². The van der Waals surface area contributed by atoms with Gasteiger partial charge in [-0.15, -0.1) is 0 Å². The minimum absolute atomic E-state index is 0.00281. The minimum atomic E-state index is -0.564. The van der Waals surface area contributed by atoms with E-state index in [9.17, 15) is 19.2 Å². The zero-order valence-corrected chi connectivity index (χ0v) is 22.2. The molecule has 5 rings (SSSR count). The summed E-state index contributed by atoms with van der Waals surface area (Å²) in [7, 11) is 0. The van der Waals surface area contributed by atoms with E-state index in [-0.39, 0.29) is 23.8 Å². The van der Waals surface area contributed by atoms with Gasteiger partial charge in [-0.1, -0.05) is 12.1 Å². The van der Waals surface area contributed by atoms with Crippen molar-refractivity contribution < 1.29 is 19.1 Å². The van der Waals surface area contributed by atoms with E-state index in [0.717, 1.165) is 44.2 Å². The lowest BCUT2D eigenvalue weighted by molar-refractivity contribution is -0.121. The number of carbonyl (C=O) groups excluding carboxylic acids is 3. The molecule has 0 spiro atoms. The summed E-state index contributed by atoms with van der Waals surface area (Å²) in [5.74, 6) is -0.485. The molecule has 0 saturated carbocycles. The van der Waals surface area contributed by atoms with Crippen LogP contribution in [-0.2, 0) is 9.53 Å². The molecule has 38 heavy (non-hydrogen) atoms. The van der Waals surface area contributed by atoms with E-state index in [4.69, 9.17) is 10.5 Å². The van der Waals surface area contributed by atoms with Crippen LogP contribution in [0.2, 0.25) is 0 Å². The Labute approximate surface area is 221 Å². The Bertz CT molecular complexity index is 1250. The van der Waals surface area contributed by atoms with Crippen LogP contribution in [0.5, 0.6) is 0 Å². The highest BCUT2D eigenvalue weighted by atomic mass is 16.6. The number of nitrogens with zero attached hydrogens (tertiary/aromatic N) is 4. The lowest BCUT2D eigenvalue weighted by Gasteiger charge is -2.39. The number of imidazole rings is 1. The van der Waals surface area contributed by atoms with E-state index in [1.54, 1.807) is 4.57 Å². The number of nitrogens with one attached hydrogen (secondary N) is 1. The number of likely N-dealkylation sites (tertiary alicyclic amines) is 1. The Kier molecular flexibility index (Phi) is 7.47. The second-order valence-corrected chi connectivity index (χ2v) is 11.0. The third kappa shape index (κ3) is 4.91. The van der Waals surface area contributed by atoms with Crippen LogP contribution in [0.25, 0.3) is 11.0 Å². The molecular weight excluding hydrogens is 488 g/mol. The normalized spacial score (nSPS) is 25.3. The Morgan fingerprint density at radius 3 is 2.42 bits per heavy atom. The third-order valence-electron chi connectivity index (χ3n) is 8.31. The lowest BCUT2D eigenvalue weighted by Crippen LogP contribution is -2.52. The predicted molar refractivity (Wildman–Crippen MR) is 142 cm³/mol. The van der Waals surface area contributed by atoms with Crippen LogP contribution in [0, 0.1) is 0 Å². The van der Waals surface area contributed by atoms with E-state index in [0.29, 0.717) is 43.6 Å². The molecule has 3 saturated heterocycles. The number of piperidine rings is 1. The van der Waals surface area contributed by atoms with Gasteiger partial charge < -0.3 is 15.8 Å². The highest BCUT2D eigenvalue weighted by Crippen LogP contribution is 2.36. The molecule has 4 heterocycles. The van der Waals surface area contributed by atoms with Crippen molar-refractivity contribution in [2.45, 2.75) is 89.0 Å². The van der Waals surface area contributed by atoms with Gasteiger partial charge in [0.05, 0.1) is 17.6 Å². The van der Waals surface area contributed by atoms with Crippen molar-refractivity contribution in [1.82, 2.24) is 24.3 Å². The number of hydrogen-bond donors (Lipinski definition) is 2. The Hall–Kier alpha value is -3.34. The summed E-state index contributed by atoms with van der Waals surface area (Å²) in [5.41, 5.74) is 6.46. The van der Waals surface area contributed by atoms with Crippen LogP contribution >= 0.6 is 0 Å². The average Bonchev–Trinajstić information content (AvgIpc) is 3.54. The zero-order valence-electron chi connectivity index (χ0n) is 22.2. The number of carbonyl (C=O) groups is 3. The number of benzene rings is 1. The Balaban J connectivity index is 1.14. The SMILES string of the molecule is CC(C)n1c(=O)n(C(=O)N[C@H]2C[C@H]3CC[C@@H](C2)N3CCCOC(=O)N2CCC[C@@H]2C(N)=O)c2ccccc21. The van der Waals surface area contributed by atoms with Crippen LogP contribution in [-0.4, -0.2) is 80.8 Å². The second-order valence-electron chi connectivity index (χ2n) is 11.0. The Morgan fingerprint density at radius 1 is 1.08 bits per heavy atom. The first-order valence-electron chi connectivity index (χ1n) is 13.8. The van der Waals surface area contributed by atoms with E-state index >= 15 is 0 Å². The summed E-state index contributed by atoms with van der Waals surface area (Å²) in [6, 6.07) is 7.11. The lowest BCUT2D eigenvalue weighted by atomic mass is 9.97. The number of ether oxygens (including phenoxy) is 1. The maximum atomic E-state index is 13.3. The molecule has 11 heteroatoms. The summed E-state index contributed by atoms with van der Waals surface area (Å²) in [5, 5.41) is 3.14. The molecule has 206 valence electrons. The van der Waals surface area contributed by atoms with Gasteiger partial charge >= 0.3 is 17.8 Å². The van der Waals surface area contributed by atoms with Crippen molar-refractivity contribution in [2.75, 3.05) is 19.7 Å². The van der Waals surface area contributed by atoms with Gasteiger partial charge in [-0.05, 0) is 70.9 Å². The third-order valence-corrected chi connectivity index (χ3v) is 8.31. The van der Waals surface area contributed by atoms with E-state index < -0.39 is 18.0 Å². The fraction of sp³-hybridized carbons (Fsp3) is 0.630. The summed E-state index contributed by atoms with van der Waals surface area (Å²) in [6.07, 6.45) is 5.37. The number of amides is 3. The molecule has 1 aromatic heterocycles. The molecule has 0 aliphatic carbocycles. The standard InChI is InChI=1S/C27H38N6O5/c1-17(2)32-21-7-3-4-8-22(21)33(26(32)36)25(35)29-18-15-19-10-11-20(16-18)30(19)13-6-14-38-27(37)31-12-5-9-23(31)24(28)34/h3-4,7-8,17-20,23H,5-6,9-16H2,1-2H3,(H2,28,34)(H,29,35)/t18-,19+,20-,23-/m1/s1. The molecule has 3 N–H and O–H groups in total. The van der Waals surface area contributed by atoms with E-state index in [1.807, 2.05) is 38.1 Å². The van der Waals surface area contributed by atoms with Gasteiger partial charge in [0.25, 0.3) is 0 Å². The first-order chi connectivity index (χ1) is 18.3. The van der Waals surface area contributed by atoms with Gasteiger partial charge in [0.2, 0.25) is 5.91 Å². The largest absolute Gasteiger partial charge is 0.449 e. The Morgan fingerprint density at radius 2 is 1.76 bits per heavy atom. The summed E-state index contributed by atoms with van der Waals surface area (Å²) >= 11 is 0. The molecule has 1 aromatic carbocycles. The maximum absolute atomic E-state index is 13.3. The van der Waals surface area contributed by atoms with Crippen LogP contribution in [0.3, 0.4) is 0 Å². The van der Waals surface area contributed by atoms with Gasteiger partial charge in [-0.3, -0.25) is 19.2 Å². The van der Waals surface area contributed by atoms with Crippen molar-refractivity contribution in [3.8, 4) is 0 Å². The van der Waals surface area contributed by atoms with Crippen LogP contribution < -0.4 is 16.7 Å². The number of aromatic nitrogens is 2. The number of fused-ring (bicyclic) bond motifs is 3. The zero-order chi connectivity index (χ0) is 27.0. The van der Waals surface area contributed by atoms with E-state index in [2.05, 4.69) is 10.2 Å². The quantitative estimate of drug-likeness (QED) is 0.533.